The number of hydrogen-bond donors (Lipinski definition) is 2. The molecule has 2 aromatic rings. The van der Waals surface area contributed by atoms with Crippen LogP contribution in [0.15, 0.2) is 47.5 Å². The first-order valence-electron chi connectivity index (χ1n) is 10.7. The average molecular weight is 525 g/mol. The summed E-state index contributed by atoms with van der Waals surface area (Å²) in [6.07, 6.45) is 0.920. The van der Waals surface area contributed by atoms with E-state index in [0.717, 1.165) is 57.4 Å². The monoisotopic (exact) mass is 525 g/mol. The van der Waals surface area contributed by atoms with Crippen molar-refractivity contribution in [2.24, 2.45) is 4.99 Å². The van der Waals surface area contributed by atoms with Gasteiger partial charge in [-0.3, -0.25) is 9.89 Å². The summed E-state index contributed by atoms with van der Waals surface area (Å²) in [5.41, 5.74) is 0. The van der Waals surface area contributed by atoms with Gasteiger partial charge in [0.1, 0.15) is 5.75 Å². The van der Waals surface area contributed by atoms with Gasteiger partial charge in [0.25, 0.3) is 0 Å². The van der Waals surface area contributed by atoms with Gasteiger partial charge in [0.05, 0.1) is 13.2 Å². The molecule has 0 amide bonds. The standard InChI is InChI=1S/C23H35N5O.HI/c1-4-24-23(26-17-21-18-27(2)13-14-28(21)3)25-12-7-15-29-22-11-10-19-8-5-6-9-20(19)16-22;/h5-6,8-11,16,21H,4,7,12-15,17-18H2,1-3H3,(H2,24,25,26);1H. The second-order valence-corrected chi connectivity index (χ2v) is 7.75. The number of guanidine groups is 1. The molecule has 0 bridgehead atoms. The maximum atomic E-state index is 5.92. The van der Waals surface area contributed by atoms with Crippen LogP contribution in [0.1, 0.15) is 13.3 Å². The minimum atomic E-state index is 0. The molecule has 0 aromatic heterocycles. The van der Waals surface area contributed by atoms with Crippen molar-refractivity contribution in [2.45, 2.75) is 19.4 Å². The molecule has 2 aromatic carbocycles. The van der Waals surface area contributed by atoms with Gasteiger partial charge in [0, 0.05) is 38.8 Å². The van der Waals surface area contributed by atoms with Crippen LogP contribution in [-0.4, -0.2) is 81.8 Å². The molecule has 1 heterocycles. The van der Waals surface area contributed by atoms with E-state index < -0.39 is 0 Å². The van der Waals surface area contributed by atoms with Crippen LogP contribution in [0.3, 0.4) is 0 Å². The van der Waals surface area contributed by atoms with Gasteiger partial charge < -0.3 is 20.3 Å². The summed E-state index contributed by atoms with van der Waals surface area (Å²) >= 11 is 0. The molecule has 30 heavy (non-hydrogen) atoms. The molecule has 1 aliphatic rings. The van der Waals surface area contributed by atoms with E-state index in [-0.39, 0.29) is 24.0 Å². The Hall–Kier alpha value is -1.58. The second kappa shape index (κ2) is 13.0. The Balaban J connectivity index is 0.00000320. The molecule has 3 rings (SSSR count). The van der Waals surface area contributed by atoms with Gasteiger partial charge in [0.15, 0.2) is 5.96 Å². The number of likely N-dealkylation sites (N-methyl/N-ethyl adjacent to an activating group) is 2. The lowest BCUT2D eigenvalue weighted by Gasteiger charge is -2.36. The molecule has 0 radical (unpaired) electrons. The van der Waals surface area contributed by atoms with Crippen molar-refractivity contribution in [3.63, 3.8) is 0 Å². The third-order valence-electron chi connectivity index (χ3n) is 5.39. The predicted molar refractivity (Wildman–Crippen MR) is 137 cm³/mol. The fourth-order valence-electron chi connectivity index (χ4n) is 3.56. The first-order chi connectivity index (χ1) is 14.2. The van der Waals surface area contributed by atoms with Gasteiger partial charge >= 0.3 is 0 Å². The molecule has 1 saturated heterocycles. The number of rotatable bonds is 8. The number of piperazine rings is 1. The summed E-state index contributed by atoms with van der Waals surface area (Å²) in [5, 5.41) is 9.22. The summed E-state index contributed by atoms with van der Waals surface area (Å²) < 4.78 is 5.92. The molecule has 0 aliphatic carbocycles. The van der Waals surface area contributed by atoms with Gasteiger partial charge in [-0.1, -0.05) is 30.3 Å². The van der Waals surface area contributed by atoms with Gasteiger partial charge in [0.2, 0.25) is 0 Å². The maximum absolute atomic E-state index is 5.92. The lowest BCUT2D eigenvalue weighted by atomic mass is 10.1. The van der Waals surface area contributed by atoms with Crippen molar-refractivity contribution in [1.29, 1.82) is 0 Å². The second-order valence-electron chi connectivity index (χ2n) is 7.75. The smallest absolute Gasteiger partial charge is 0.191 e. The molecule has 0 spiro atoms. The minimum absolute atomic E-state index is 0. The van der Waals surface area contributed by atoms with Crippen LogP contribution in [-0.2, 0) is 0 Å². The Bertz CT molecular complexity index is 800. The summed E-state index contributed by atoms with van der Waals surface area (Å²) in [4.78, 5) is 9.58. The SMILES string of the molecule is CCNC(=NCC1CN(C)CCN1C)NCCCOc1ccc2ccccc2c1.I. The molecule has 1 unspecified atom stereocenters. The van der Waals surface area contributed by atoms with Crippen LogP contribution in [0.2, 0.25) is 0 Å². The van der Waals surface area contributed by atoms with E-state index >= 15 is 0 Å². The number of hydrogen-bond acceptors (Lipinski definition) is 4. The normalized spacial score (nSPS) is 18.1. The first-order valence-corrected chi connectivity index (χ1v) is 10.7. The Morgan fingerprint density at radius 2 is 1.90 bits per heavy atom. The zero-order chi connectivity index (χ0) is 20.5. The lowest BCUT2D eigenvalue weighted by molar-refractivity contribution is 0.119. The van der Waals surface area contributed by atoms with E-state index in [9.17, 15) is 0 Å². The number of fused-ring (bicyclic) bond motifs is 1. The highest BCUT2D eigenvalue weighted by molar-refractivity contribution is 14.0. The molecule has 0 saturated carbocycles. The topological polar surface area (TPSA) is 52.1 Å². The van der Waals surface area contributed by atoms with Crippen LogP contribution >= 0.6 is 24.0 Å². The van der Waals surface area contributed by atoms with E-state index in [0.29, 0.717) is 12.6 Å². The number of nitrogens with zero attached hydrogens (tertiary/aromatic N) is 3. The van der Waals surface area contributed by atoms with Crippen molar-refractivity contribution >= 4 is 40.7 Å². The van der Waals surface area contributed by atoms with Crippen LogP contribution in [0, 0.1) is 0 Å². The number of aliphatic imine (C=N–C) groups is 1. The Morgan fingerprint density at radius 1 is 1.10 bits per heavy atom. The first kappa shape index (κ1) is 24.7. The number of halogens is 1. The van der Waals surface area contributed by atoms with Crippen molar-refractivity contribution in [1.82, 2.24) is 20.4 Å². The lowest BCUT2D eigenvalue weighted by Crippen LogP contribution is -2.51. The number of ether oxygens (including phenoxy) is 1. The summed E-state index contributed by atoms with van der Waals surface area (Å²) in [5.74, 6) is 1.81. The van der Waals surface area contributed by atoms with Crippen LogP contribution in [0.5, 0.6) is 5.75 Å². The van der Waals surface area contributed by atoms with Gasteiger partial charge in [-0.15, -0.1) is 24.0 Å². The molecule has 1 aliphatic heterocycles. The van der Waals surface area contributed by atoms with Crippen molar-refractivity contribution in [3.8, 4) is 5.75 Å². The molecule has 2 N–H and O–H groups in total. The molecule has 1 fully saturated rings. The fourth-order valence-corrected chi connectivity index (χ4v) is 3.56. The molecular formula is C23H36IN5O. The Morgan fingerprint density at radius 3 is 2.70 bits per heavy atom. The highest BCUT2D eigenvalue weighted by Gasteiger charge is 2.21. The van der Waals surface area contributed by atoms with Gasteiger partial charge in [-0.05, 0) is 50.3 Å². The number of nitrogens with one attached hydrogen (secondary N) is 2. The molecule has 7 heteroatoms. The summed E-state index contributed by atoms with van der Waals surface area (Å²) in [7, 11) is 4.38. The van der Waals surface area contributed by atoms with E-state index in [1.165, 1.54) is 10.8 Å². The van der Waals surface area contributed by atoms with Crippen molar-refractivity contribution in [2.75, 3.05) is 60.0 Å². The largest absolute Gasteiger partial charge is 0.494 e. The zero-order valence-corrected chi connectivity index (χ0v) is 20.8. The summed E-state index contributed by atoms with van der Waals surface area (Å²) in [6, 6.07) is 15.1. The van der Waals surface area contributed by atoms with E-state index in [1.54, 1.807) is 0 Å². The van der Waals surface area contributed by atoms with Gasteiger partial charge in [-0.2, -0.15) is 0 Å². The predicted octanol–water partition coefficient (Wildman–Crippen LogP) is 3.03. The zero-order valence-electron chi connectivity index (χ0n) is 18.4. The highest BCUT2D eigenvalue weighted by Crippen LogP contribution is 2.20. The molecular weight excluding hydrogens is 489 g/mol. The van der Waals surface area contributed by atoms with Gasteiger partial charge in [-0.25, -0.2) is 0 Å². The number of benzene rings is 2. The minimum Gasteiger partial charge on any atom is -0.494 e. The maximum Gasteiger partial charge on any atom is 0.191 e. The Kier molecular flexibility index (Phi) is 10.7. The van der Waals surface area contributed by atoms with E-state index in [4.69, 9.17) is 9.73 Å². The molecule has 6 nitrogen and oxygen atoms in total. The van der Waals surface area contributed by atoms with Crippen molar-refractivity contribution in [3.05, 3.63) is 42.5 Å². The molecule has 1 atom stereocenters. The average Bonchev–Trinajstić information content (AvgIpc) is 2.73. The summed E-state index contributed by atoms with van der Waals surface area (Å²) in [6.45, 7) is 8.59. The fraction of sp³-hybridized carbons (Fsp3) is 0.522. The van der Waals surface area contributed by atoms with E-state index in [2.05, 4.69) is 77.9 Å². The van der Waals surface area contributed by atoms with Crippen LogP contribution in [0.25, 0.3) is 10.8 Å². The quantitative estimate of drug-likeness (QED) is 0.240. The highest BCUT2D eigenvalue weighted by atomic mass is 127. The van der Waals surface area contributed by atoms with E-state index in [1.807, 2.05) is 6.07 Å². The molecule has 166 valence electrons. The Labute approximate surface area is 198 Å². The third kappa shape index (κ3) is 7.59. The van der Waals surface area contributed by atoms with Crippen LogP contribution < -0.4 is 15.4 Å². The third-order valence-corrected chi connectivity index (χ3v) is 5.39. The van der Waals surface area contributed by atoms with Crippen molar-refractivity contribution < 1.29 is 4.74 Å². The van der Waals surface area contributed by atoms with Crippen LogP contribution in [0.4, 0.5) is 0 Å².